The van der Waals surface area contributed by atoms with Crippen molar-refractivity contribution in [3.05, 3.63) is 16.6 Å². The lowest BCUT2D eigenvalue weighted by molar-refractivity contribution is -0.144. The smallest absolute Gasteiger partial charge is 0.245 e. The maximum Gasteiger partial charge on any atom is 0.245 e. The first-order valence-electron chi connectivity index (χ1n) is 6.17. The Morgan fingerprint density at radius 2 is 2.39 bits per heavy atom. The van der Waals surface area contributed by atoms with Crippen molar-refractivity contribution < 1.29 is 9.59 Å². The second-order valence-electron chi connectivity index (χ2n) is 4.34. The molecule has 2 amide bonds. The van der Waals surface area contributed by atoms with Gasteiger partial charge in [-0.3, -0.25) is 9.59 Å². The van der Waals surface area contributed by atoms with E-state index in [4.69, 9.17) is 0 Å². The lowest BCUT2D eigenvalue weighted by Gasteiger charge is -2.32. The Kier molecular flexibility index (Phi) is 4.30. The van der Waals surface area contributed by atoms with Crippen LogP contribution in [-0.4, -0.2) is 40.8 Å². The molecule has 1 aromatic rings. The van der Waals surface area contributed by atoms with Crippen molar-refractivity contribution in [2.24, 2.45) is 0 Å². The molecule has 0 radical (unpaired) electrons. The average Bonchev–Trinajstić information content (AvgIpc) is 2.85. The van der Waals surface area contributed by atoms with Gasteiger partial charge in [0.05, 0.1) is 11.6 Å². The molecule has 0 aromatic carbocycles. The third kappa shape index (κ3) is 3.07. The normalized spacial score (nSPS) is 20.1. The van der Waals surface area contributed by atoms with E-state index >= 15 is 0 Å². The van der Waals surface area contributed by atoms with Crippen LogP contribution < -0.4 is 5.32 Å². The van der Waals surface area contributed by atoms with Gasteiger partial charge < -0.3 is 10.2 Å². The molecule has 18 heavy (non-hydrogen) atoms. The van der Waals surface area contributed by atoms with Crippen LogP contribution >= 0.6 is 11.3 Å². The quantitative estimate of drug-likeness (QED) is 0.859. The van der Waals surface area contributed by atoms with Crippen LogP contribution in [0.15, 0.2) is 11.6 Å². The van der Waals surface area contributed by atoms with Crippen molar-refractivity contribution >= 4 is 23.2 Å². The molecule has 1 aromatic heterocycles. The van der Waals surface area contributed by atoms with E-state index in [9.17, 15) is 9.59 Å². The Morgan fingerprint density at radius 3 is 3.06 bits per heavy atom. The predicted octanol–water partition coefficient (Wildman–Crippen LogP) is 0.813. The van der Waals surface area contributed by atoms with Gasteiger partial charge in [0.15, 0.2) is 0 Å². The Hall–Kier alpha value is -1.43. The summed E-state index contributed by atoms with van der Waals surface area (Å²) >= 11 is 1.57. The highest BCUT2D eigenvalue weighted by Crippen LogP contribution is 2.10. The molecule has 1 aliphatic rings. The van der Waals surface area contributed by atoms with E-state index < -0.39 is 0 Å². The van der Waals surface area contributed by atoms with Gasteiger partial charge in [-0.05, 0) is 6.42 Å². The summed E-state index contributed by atoms with van der Waals surface area (Å²) in [6.07, 6.45) is 4.06. The minimum Gasteiger partial charge on any atom is -0.343 e. The zero-order valence-corrected chi connectivity index (χ0v) is 11.2. The Balaban J connectivity index is 1.93. The standard InChI is InChI=1S/C12H17N3O2S/c1-2-3-9-12(17)15(8-10(16)14-9)6-4-11-13-5-7-18-11/h5,7,9H,2-4,6,8H2,1H3,(H,14,16). The number of nitrogens with one attached hydrogen (secondary N) is 1. The van der Waals surface area contributed by atoms with Crippen molar-refractivity contribution in [2.75, 3.05) is 13.1 Å². The van der Waals surface area contributed by atoms with Crippen LogP contribution in [0.2, 0.25) is 0 Å². The molecule has 1 N–H and O–H groups in total. The summed E-state index contributed by atoms with van der Waals surface area (Å²) in [7, 11) is 0. The Labute approximate surface area is 110 Å². The number of hydrogen-bond acceptors (Lipinski definition) is 4. The molecule has 0 spiro atoms. The lowest BCUT2D eigenvalue weighted by atomic mass is 10.1. The highest BCUT2D eigenvalue weighted by atomic mass is 32.1. The van der Waals surface area contributed by atoms with Crippen LogP contribution in [-0.2, 0) is 16.0 Å². The number of hydrogen-bond donors (Lipinski definition) is 1. The van der Waals surface area contributed by atoms with E-state index in [2.05, 4.69) is 10.3 Å². The number of thiazole rings is 1. The monoisotopic (exact) mass is 267 g/mol. The van der Waals surface area contributed by atoms with Crippen LogP contribution in [0.5, 0.6) is 0 Å². The highest BCUT2D eigenvalue weighted by molar-refractivity contribution is 7.09. The molecule has 1 atom stereocenters. The van der Waals surface area contributed by atoms with E-state index in [1.54, 1.807) is 22.4 Å². The van der Waals surface area contributed by atoms with Crippen molar-refractivity contribution in [1.29, 1.82) is 0 Å². The number of aromatic nitrogens is 1. The van der Waals surface area contributed by atoms with E-state index in [-0.39, 0.29) is 24.4 Å². The molecule has 1 fully saturated rings. The zero-order valence-electron chi connectivity index (χ0n) is 10.4. The SMILES string of the molecule is CCCC1NC(=O)CN(CCc2nccs2)C1=O. The van der Waals surface area contributed by atoms with Gasteiger partial charge in [-0.25, -0.2) is 4.98 Å². The maximum absolute atomic E-state index is 12.1. The lowest BCUT2D eigenvalue weighted by Crippen LogP contribution is -2.58. The summed E-state index contributed by atoms with van der Waals surface area (Å²) in [5, 5.41) is 5.66. The van der Waals surface area contributed by atoms with E-state index in [1.165, 1.54) is 0 Å². The maximum atomic E-state index is 12.1. The van der Waals surface area contributed by atoms with E-state index in [0.29, 0.717) is 13.0 Å². The minimum absolute atomic E-state index is 0.0352. The van der Waals surface area contributed by atoms with Crippen LogP contribution in [0, 0.1) is 0 Å². The van der Waals surface area contributed by atoms with Crippen LogP contribution in [0.3, 0.4) is 0 Å². The summed E-state index contributed by atoms with van der Waals surface area (Å²) in [6.45, 7) is 2.75. The number of carbonyl (C=O) groups excluding carboxylic acids is 2. The summed E-state index contributed by atoms with van der Waals surface area (Å²) in [4.78, 5) is 29.5. The van der Waals surface area contributed by atoms with Crippen LogP contribution in [0.25, 0.3) is 0 Å². The van der Waals surface area contributed by atoms with Gasteiger partial charge in [0.1, 0.15) is 6.04 Å². The van der Waals surface area contributed by atoms with Crippen molar-refractivity contribution in [2.45, 2.75) is 32.2 Å². The third-order valence-corrected chi connectivity index (χ3v) is 3.78. The van der Waals surface area contributed by atoms with Crippen LogP contribution in [0.1, 0.15) is 24.8 Å². The molecular weight excluding hydrogens is 250 g/mol. The number of rotatable bonds is 5. The first-order chi connectivity index (χ1) is 8.70. The fourth-order valence-electron chi connectivity index (χ4n) is 2.05. The van der Waals surface area contributed by atoms with Crippen molar-refractivity contribution in [1.82, 2.24) is 15.2 Å². The van der Waals surface area contributed by atoms with Gasteiger partial charge in [-0.15, -0.1) is 11.3 Å². The molecule has 6 heteroatoms. The number of piperazine rings is 1. The van der Waals surface area contributed by atoms with Gasteiger partial charge in [-0.1, -0.05) is 13.3 Å². The molecule has 1 aliphatic heterocycles. The van der Waals surface area contributed by atoms with Crippen molar-refractivity contribution in [3.8, 4) is 0 Å². The molecule has 98 valence electrons. The molecular formula is C12H17N3O2S. The zero-order chi connectivity index (χ0) is 13.0. The first kappa shape index (κ1) is 13.0. The van der Waals surface area contributed by atoms with Crippen LogP contribution in [0.4, 0.5) is 0 Å². The van der Waals surface area contributed by atoms with Gasteiger partial charge in [0.25, 0.3) is 0 Å². The second kappa shape index (κ2) is 5.95. The summed E-state index contributed by atoms with van der Waals surface area (Å²) in [6, 6.07) is -0.340. The van der Waals surface area contributed by atoms with E-state index in [0.717, 1.165) is 17.8 Å². The van der Waals surface area contributed by atoms with Gasteiger partial charge >= 0.3 is 0 Å². The predicted molar refractivity (Wildman–Crippen MR) is 69.2 cm³/mol. The molecule has 1 saturated heterocycles. The Bertz CT molecular complexity index is 419. The summed E-state index contributed by atoms with van der Waals surface area (Å²) in [5.74, 6) is -0.0276. The van der Waals surface area contributed by atoms with Crippen molar-refractivity contribution in [3.63, 3.8) is 0 Å². The number of amides is 2. The fourth-order valence-corrected chi connectivity index (χ4v) is 2.66. The third-order valence-electron chi connectivity index (χ3n) is 2.94. The Morgan fingerprint density at radius 1 is 1.56 bits per heavy atom. The topological polar surface area (TPSA) is 62.3 Å². The summed E-state index contributed by atoms with van der Waals surface area (Å²) < 4.78 is 0. The molecule has 2 heterocycles. The molecule has 1 unspecified atom stereocenters. The molecule has 2 rings (SSSR count). The summed E-state index contributed by atoms with van der Waals surface area (Å²) in [5.41, 5.74) is 0. The molecule has 0 bridgehead atoms. The first-order valence-corrected chi connectivity index (χ1v) is 7.05. The average molecular weight is 267 g/mol. The fraction of sp³-hybridized carbons (Fsp3) is 0.583. The highest BCUT2D eigenvalue weighted by Gasteiger charge is 2.31. The largest absolute Gasteiger partial charge is 0.343 e. The van der Waals surface area contributed by atoms with Gasteiger partial charge in [0.2, 0.25) is 11.8 Å². The van der Waals surface area contributed by atoms with Gasteiger partial charge in [-0.2, -0.15) is 0 Å². The molecule has 5 nitrogen and oxygen atoms in total. The van der Waals surface area contributed by atoms with E-state index in [1.807, 2.05) is 12.3 Å². The van der Waals surface area contributed by atoms with Gasteiger partial charge in [0, 0.05) is 24.5 Å². The number of carbonyl (C=O) groups is 2. The minimum atomic E-state index is -0.340. The second-order valence-corrected chi connectivity index (χ2v) is 5.32. The molecule has 0 saturated carbocycles. The number of nitrogens with zero attached hydrogens (tertiary/aromatic N) is 2. The molecule has 0 aliphatic carbocycles.